The van der Waals surface area contributed by atoms with Crippen LogP contribution in [0.3, 0.4) is 0 Å². The first-order valence-corrected chi connectivity index (χ1v) is 6.05. The molecule has 0 saturated heterocycles. The van der Waals surface area contributed by atoms with Crippen molar-refractivity contribution in [3.8, 4) is 0 Å². The Bertz CT molecular complexity index is 764. The van der Waals surface area contributed by atoms with Crippen LogP contribution in [0.5, 0.6) is 0 Å². The molecule has 0 spiro atoms. The van der Waals surface area contributed by atoms with Crippen molar-refractivity contribution in [1.29, 1.82) is 0 Å². The number of aromatic nitrogens is 1. The third-order valence-corrected chi connectivity index (χ3v) is 3.05. The van der Waals surface area contributed by atoms with Gasteiger partial charge in [-0.3, -0.25) is 14.4 Å². The molecule has 100 valence electrons. The Morgan fingerprint density at radius 3 is 2.85 bits per heavy atom. The molecule has 0 saturated carbocycles. The van der Waals surface area contributed by atoms with Gasteiger partial charge in [0.1, 0.15) is 5.56 Å². The van der Waals surface area contributed by atoms with Gasteiger partial charge in [-0.15, -0.1) is 0 Å². The zero-order valence-corrected chi connectivity index (χ0v) is 10.4. The number of anilines is 2. The average Bonchev–Trinajstić information content (AvgIpc) is 2.78. The number of rotatable bonds is 2. The summed E-state index contributed by atoms with van der Waals surface area (Å²) in [6.07, 6.45) is 1.76. The number of carbonyl (C=O) groups excluding carboxylic acids is 2. The number of H-pyrrole nitrogens is 1. The van der Waals surface area contributed by atoms with Crippen LogP contribution >= 0.6 is 0 Å². The molecule has 1 aromatic carbocycles. The number of nitrogens with one attached hydrogen (secondary N) is 3. The number of hydrogen-bond donors (Lipinski definition) is 3. The van der Waals surface area contributed by atoms with Gasteiger partial charge < -0.3 is 15.6 Å². The maximum atomic E-state index is 12.0. The van der Waals surface area contributed by atoms with E-state index >= 15 is 0 Å². The molecule has 2 heterocycles. The third kappa shape index (κ3) is 2.18. The van der Waals surface area contributed by atoms with E-state index in [1.54, 1.807) is 24.3 Å². The maximum absolute atomic E-state index is 12.0. The van der Waals surface area contributed by atoms with Gasteiger partial charge in [-0.25, -0.2) is 0 Å². The van der Waals surface area contributed by atoms with E-state index in [0.717, 1.165) is 11.3 Å². The van der Waals surface area contributed by atoms with Crippen LogP contribution in [0.4, 0.5) is 11.4 Å². The highest BCUT2D eigenvalue weighted by molar-refractivity contribution is 6.05. The van der Waals surface area contributed by atoms with E-state index in [9.17, 15) is 14.4 Å². The Balaban J connectivity index is 1.84. The van der Waals surface area contributed by atoms with Gasteiger partial charge in [-0.1, -0.05) is 0 Å². The van der Waals surface area contributed by atoms with Crippen molar-refractivity contribution >= 4 is 23.2 Å². The van der Waals surface area contributed by atoms with Crippen LogP contribution in [-0.4, -0.2) is 16.8 Å². The second-order valence-corrected chi connectivity index (χ2v) is 4.46. The van der Waals surface area contributed by atoms with E-state index in [4.69, 9.17) is 0 Å². The van der Waals surface area contributed by atoms with E-state index in [-0.39, 0.29) is 11.5 Å². The molecule has 0 unspecified atom stereocenters. The fourth-order valence-corrected chi connectivity index (χ4v) is 2.11. The topological polar surface area (TPSA) is 91.1 Å². The zero-order chi connectivity index (χ0) is 14.1. The molecule has 0 fully saturated rings. The molecule has 1 aliphatic heterocycles. The number of benzene rings is 1. The predicted molar refractivity (Wildman–Crippen MR) is 73.8 cm³/mol. The van der Waals surface area contributed by atoms with Crippen molar-refractivity contribution in [2.75, 3.05) is 10.6 Å². The van der Waals surface area contributed by atoms with Gasteiger partial charge in [-0.05, 0) is 35.9 Å². The molecular formula is C14H11N3O3. The van der Waals surface area contributed by atoms with Crippen molar-refractivity contribution in [3.05, 3.63) is 58.0 Å². The molecule has 2 aromatic rings. The molecule has 6 nitrogen and oxygen atoms in total. The number of aromatic amines is 1. The van der Waals surface area contributed by atoms with E-state index in [1.165, 1.54) is 12.3 Å². The monoisotopic (exact) mass is 269 g/mol. The summed E-state index contributed by atoms with van der Waals surface area (Å²) in [4.78, 5) is 37.2. The van der Waals surface area contributed by atoms with E-state index in [1.807, 2.05) is 0 Å². The van der Waals surface area contributed by atoms with Gasteiger partial charge in [0.25, 0.3) is 11.5 Å². The molecule has 3 N–H and O–H groups in total. The Morgan fingerprint density at radius 1 is 1.20 bits per heavy atom. The lowest BCUT2D eigenvalue weighted by atomic mass is 10.1. The van der Waals surface area contributed by atoms with Gasteiger partial charge in [0.05, 0.1) is 6.42 Å². The molecule has 0 bridgehead atoms. The van der Waals surface area contributed by atoms with Gasteiger partial charge in [-0.2, -0.15) is 0 Å². The highest BCUT2D eigenvalue weighted by Gasteiger charge is 2.18. The lowest BCUT2D eigenvalue weighted by Crippen LogP contribution is -2.22. The molecule has 20 heavy (non-hydrogen) atoms. The van der Waals surface area contributed by atoms with Gasteiger partial charge in [0.15, 0.2) is 0 Å². The van der Waals surface area contributed by atoms with Crippen LogP contribution < -0.4 is 16.2 Å². The molecule has 6 heteroatoms. The van der Waals surface area contributed by atoms with Crippen molar-refractivity contribution in [1.82, 2.24) is 4.98 Å². The normalized spacial score (nSPS) is 12.7. The second-order valence-electron chi connectivity index (χ2n) is 4.46. The summed E-state index contributed by atoms with van der Waals surface area (Å²) in [6.45, 7) is 0. The second kappa shape index (κ2) is 4.65. The van der Waals surface area contributed by atoms with Crippen molar-refractivity contribution in [2.45, 2.75) is 6.42 Å². The number of carbonyl (C=O) groups is 2. The molecule has 0 radical (unpaired) electrons. The molecule has 1 aliphatic rings. The Labute approximate surface area is 113 Å². The van der Waals surface area contributed by atoms with Gasteiger partial charge in [0.2, 0.25) is 5.91 Å². The molecular weight excluding hydrogens is 258 g/mol. The summed E-state index contributed by atoms with van der Waals surface area (Å²) in [5.74, 6) is -0.549. The quantitative estimate of drug-likeness (QED) is 0.763. The fraction of sp³-hybridized carbons (Fsp3) is 0.0714. The van der Waals surface area contributed by atoms with Crippen LogP contribution in [0.25, 0.3) is 0 Å². The summed E-state index contributed by atoms with van der Waals surface area (Å²) < 4.78 is 0. The number of fused-ring (bicyclic) bond motifs is 1. The van der Waals surface area contributed by atoms with Crippen molar-refractivity contribution in [3.63, 3.8) is 0 Å². The van der Waals surface area contributed by atoms with E-state index in [2.05, 4.69) is 15.6 Å². The Morgan fingerprint density at radius 2 is 2.05 bits per heavy atom. The van der Waals surface area contributed by atoms with Crippen LogP contribution in [0.15, 0.2) is 41.3 Å². The van der Waals surface area contributed by atoms with Crippen LogP contribution in [0.1, 0.15) is 15.9 Å². The Kier molecular flexibility index (Phi) is 2.83. The summed E-state index contributed by atoms with van der Waals surface area (Å²) in [7, 11) is 0. The zero-order valence-electron chi connectivity index (χ0n) is 10.4. The average molecular weight is 269 g/mol. The third-order valence-electron chi connectivity index (χ3n) is 3.05. The highest BCUT2D eigenvalue weighted by Crippen LogP contribution is 2.26. The van der Waals surface area contributed by atoms with Crippen LogP contribution in [-0.2, 0) is 11.2 Å². The lowest BCUT2D eigenvalue weighted by Gasteiger charge is -2.06. The van der Waals surface area contributed by atoms with E-state index in [0.29, 0.717) is 12.1 Å². The first kappa shape index (κ1) is 12.2. The van der Waals surface area contributed by atoms with Gasteiger partial charge in [0, 0.05) is 17.6 Å². The van der Waals surface area contributed by atoms with Crippen LogP contribution in [0.2, 0.25) is 0 Å². The SMILES string of the molecule is O=C1Cc2cc(NC(=O)c3ccc[nH]c3=O)ccc2N1. The summed E-state index contributed by atoms with van der Waals surface area (Å²) >= 11 is 0. The number of hydrogen-bond acceptors (Lipinski definition) is 3. The molecule has 1 aromatic heterocycles. The number of amides is 2. The molecule has 0 aliphatic carbocycles. The number of pyridine rings is 1. The summed E-state index contributed by atoms with van der Waals surface area (Å²) in [5, 5.41) is 5.36. The Hall–Kier alpha value is -2.89. The summed E-state index contributed by atoms with van der Waals surface area (Å²) in [6, 6.07) is 8.17. The van der Waals surface area contributed by atoms with Crippen molar-refractivity contribution < 1.29 is 9.59 Å². The summed E-state index contributed by atoms with van der Waals surface area (Å²) in [5.41, 5.74) is 1.74. The smallest absolute Gasteiger partial charge is 0.261 e. The highest BCUT2D eigenvalue weighted by atomic mass is 16.2. The maximum Gasteiger partial charge on any atom is 0.261 e. The van der Waals surface area contributed by atoms with E-state index < -0.39 is 11.5 Å². The fourth-order valence-electron chi connectivity index (χ4n) is 2.11. The first-order valence-electron chi connectivity index (χ1n) is 6.05. The van der Waals surface area contributed by atoms with Crippen molar-refractivity contribution in [2.24, 2.45) is 0 Å². The predicted octanol–water partition coefficient (Wildman–Crippen LogP) is 1.12. The van der Waals surface area contributed by atoms with Crippen LogP contribution in [0, 0.1) is 0 Å². The minimum Gasteiger partial charge on any atom is -0.328 e. The molecule has 3 rings (SSSR count). The molecule has 0 atom stereocenters. The minimum atomic E-state index is -0.482. The molecule has 2 amide bonds. The largest absolute Gasteiger partial charge is 0.328 e. The standard InChI is InChI=1S/C14H11N3O3/c18-12-7-8-6-9(3-4-11(8)17-12)16-14(20)10-2-1-5-15-13(10)19/h1-6H,7H2,(H,15,19)(H,16,20)(H,17,18). The lowest BCUT2D eigenvalue weighted by molar-refractivity contribution is -0.115. The minimum absolute atomic E-state index is 0.0437. The van der Waals surface area contributed by atoms with Gasteiger partial charge >= 0.3 is 0 Å². The first-order chi connectivity index (χ1) is 9.63.